The summed E-state index contributed by atoms with van der Waals surface area (Å²) in [4.78, 5) is 15.0. The summed E-state index contributed by atoms with van der Waals surface area (Å²) in [5.74, 6) is -0.984. The van der Waals surface area contributed by atoms with Gasteiger partial charge >= 0.3 is 5.97 Å². The van der Waals surface area contributed by atoms with E-state index < -0.39 is 12.0 Å². The molecule has 2 heterocycles. The van der Waals surface area contributed by atoms with Crippen LogP contribution in [0, 0.1) is 0 Å². The first-order chi connectivity index (χ1) is 11.6. The lowest BCUT2D eigenvalue weighted by atomic mass is 10.0. The van der Waals surface area contributed by atoms with Crippen LogP contribution >= 0.6 is 0 Å². The fourth-order valence-electron chi connectivity index (χ4n) is 2.80. The molecule has 5 heteroatoms. The first kappa shape index (κ1) is 17.7. The molecular formula is C19H23N3O2. The minimum atomic E-state index is -0.984. The number of nitrogens with zero attached hydrogens (tertiary/aromatic N) is 2. The largest absolute Gasteiger partial charge is 0.480 e. The number of pyridine rings is 1. The van der Waals surface area contributed by atoms with Gasteiger partial charge in [-0.2, -0.15) is 0 Å². The van der Waals surface area contributed by atoms with Crippen molar-refractivity contribution in [2.24, 2.45) is 12.8 Å². The summed E-state index contributed by atoms with van der Waals surface area (Å²) < 4.78 is 2.02. The number of carboxylic acids is 1. The molecule has 0 aliphatic rings. The van der Waals surface area contributed by atoms with Crippen LogP contribution in [0.1, 0.15) is 19.4 Å². The second kappa shape index (κ2) is 7.75. The molecule has 0 aliphatic carbocycles. The number of aliphatic carboxylic acids is 1. The number of para-hydroxylation sites is 1. The lowest BCUT2D eigenvalue weighted by Gasteiger charge is -2.07. The zero-order valence-electron chi connectivity index (χ0n) is 14.2. The number of aromatic nitrogens is 2. The van der Waals surface area contributed by atoms with Crippen LogP contribution in [0.5, 0.6) is 0 Å². The number of benzene rings is 1. The van der Waals surface area contributed by atoms with Gasteiger partial charge in [0.2, 0.25) is 0 Å². The van der Waals surface area contributed by atoms with Crippen molar-refractivity contribution in [1.29, 1.82) is 0 Å². The molecule has 0 fully saturated rings. The quantitative estimate of drug-likeness (QED) is 0.771. The van der Waals surface area contributed by atoms with E-state index in [1.54, 1.807) is 12.4 Å². The summed E-state index contributed by atoms with van der Waals surface area (Å²) in [7, 11) is 1.96. The summed E-state index contributed by atoms with van der Waals surface area (Å²) >= 11 is 0. The van der Waals surface area contributed by atoms with Crippen LogP contribution in [0.4, 0.5) is 0 Å². The number of aryl methyl sites for hydroxylation is 1. The van der Waals surface area contributed by atoms with E-state index in [2.05, 4.69) is 11.1 Å². The van der Waals surface area contributed by atoms with Crippen molar-refractivity contribution in [2.45, 2.75) is 26.3 Å². The number of hydrogen-bond acceptors (Lipinski definition) is 3. The van der Waals surface area contributed by atoms with E-state index in [1.807, 2.05) is 55.9 Å². The van der Waals surface area contributed by atoms with E-state index in [0.717, 1.165) is 27.6 Å². The Hall–Kier alpha value is -2.66. The molecule has 0 radical (unpaired) electrons. The van der Waals surface area contributed by atoms with Crippen LogP contribution in [0.2, 0.25) is 0 Å². The lowest BCUT2D eigenvalue weighted by Crippen LogP contribution is -2.32. The molecule has 3 N–H and O–H groups in total. The molecule has 3 rings (SSSR count). The van der Waals surface area contributed by atoms with Gasteiger partial charge in [-0.05, 0) is 23.3 Å². The van der Waals surface area contributed by atoms with Crippen molar-refractivity contribution in [2.75, 3.05) is 0 Å². The highest BCUT2D eigenvalue weighted by atomic mass is 16.4. The maximum Gasteiger partial charge on any atom is 0.320 e. The molecule has 24 heavy (non-hydrogen) atoms. The minimum Gasteiger partial charge on any atom is -0.480 e. The predicted molar refractivity (Wildman–Crippen MR) is 96.8 cm³/mol. The Kier molecular flexibility index (Phi) is 5.71. The van der Waals surface area contributed by atoms with E-state index in [1.165, 1.54) is 0 Å². The topological polar surface area (TPSA) is 81.1 Å². The molecule has 1 unspecified atom stereocenters. The van der Waals surface area contributed by atoms with Gasteiger partial charge in [-0.25, -0.2) is 0 Å². The van der Waals surface area contributed by atoms with E-state index in [-0.39, 0.29) is 0 Å². The predicted octanol–water partition coefficient (Wildman–Crippen LogP) is 3.22. The number of hydrogen-bond donors (Lipinski definition) is 2. The molecule has 0 amide bonds. The van der Waals surface area contributed by atoms with Gasteiger partial charge in [-0.3, -0.25) is 9.78 Å². The number of nitrogens with two attached hydrogens (primary N) is 1. The third-order valence-electron chi connectivity index (χ3n) is 3.83. The van der Waals surface area contributed by atoms with Crippen LogP contribution in [-0.4, -0.2) is 26.7 Å². The van der Waals surface area contributed by atoms with Crippen LogP contribution in [0.15, 0.2) is 48.9 Å². The summed E-state index contributed by atoms with van der Waals surface area (Å²) in [6.07, 6.45) is 5.79. The van der Waals surface area contributed by atoms with Gasteiger partial charge in [0.15, 0.2) is 0 Å². The molecule has 0 spiro atoms. The molecule has 0 saturated heterocycles. The Bertz CT molecular complexity index is 825. The third kappa shape index (κ3) is 3.46. The highest BCUT2D eigenvalue weighted by Gasteiger charge is 2.17. The smallest absolute Gasteiger partial charge is 0.320 e. The van der Waals surface area contributed by atoms with E-state index in [9.17, 15) is 4.79 Å². The zero-order valence-corrected chi connectivity index (χ0v) is 14.2. The molecule has 3 aromatic rings. The standard InChI is InChI=1S/C17H17N3O2.C2H6/c1-20-10-12(9-15(18)17(21)22)14-4-2-3-13(16(14)20)11-5-7-19-8-6-11;1-2/h2-8,10,15H,9,18H2,1H3,(H,21,22);1-2H3. The summed E-state index contributed by atoms with van der Waals surface area (Å²) in [5, 5.41) is 10.1. The molecule has 0 saturated carbocycles. The van der Waals surface area contributed by atoms with Crippen molar-refractivity contribution in [3.63, 3.8) is 0 Å². The molecule has 126 valence electrons. The van der Waals surface area contributed by atoms with Crippen LogP contribution < -0.4 is 5.73 Å². The monoisotopic (exact) mass is 325 g/mol. The second-order valence-corrected chi connectivity index (χ2v) is 5.35. The SMILES string of the molecule is CC.Cn1cc(CC(N)C(=O)O)c2cccc(-c3ccncc3)c21. The fraction of sp³-hybridized carbons (Fsp3) is 0.263. The second-order valence-electron chi connectivity index (χ2n) is 5.35. The molecule has 5 nitrogen and oxygen atoms in total. The molecule has 0 bridgehead atoms. The summed E-state index contributed by atoms with van der Waals surface area (Å²) in [6.45, 7) is 4.00. The van der Waals surface area contributed by atoms with Crippen molar-refractivity contribution in [3.05, 3.63) is 54.5 Å². The van der Waals surface area contributed by atoms with Crippen molar-refractivity contribution >= 4 is 16.9 Å². The fourth-order valence-corrected chi connectivity index (χ4v) is 2.80. The molecule has 1 atom stereocenters. The molecule has 2 aromatic heterocycles. The first-order valence-corrected chi connectivity index (χ1v) is 8.03. The normalized spacial score (nSPS) is 11.7. The molecule has 0 aliphatic heterocycles. The maximum absolute atomic E-state index is 11.0. The summed E-state index contributed by atoms with van der Waals surface area (Å²) in [5.41, 5.74) is 9.87. The molecular weight excluding hydrogens is 302 g/mol. The highest BCUT2D eigenvalue weighted by molar-refractivity contribution is 5.97. The number of fused-ring (bicyclic) bond motifs is 1. The number of carboxylic acid groups (broad SMARTS) is 1. The molecule has 1 aromatic carbocycles. The maximum atomic E-state index is 11.0. The Balaban J connectivity index is 0.00000100. The van der Waals surface area contributed by atoms with Gasteiger partial charge in [-0.15, -0.1) is 0 Å². The highest BCUT2D eigenvalue weighted by Crippen LogP contribution is 2.31. The van der Waals surface area contributed by atoms with Gasteiger partial charge in [-0.1, -0.05) is 32.0 Å². The Morgan fingerprint density at radius 2 is 1.92 bits per heavy atom. The van der Waals surface area contributed by atoms with Gasteiger partial charge in [0.1, 0.15) is 6.04 Å². The van der Waals surface area contributed by atoms with Gasteiger partial charge in [0.05, 0.1) is 5.52 Å². The van der Waals surface area contributed by atoms with E-state index in [4.69, 9.17) is 10.8 Å². The van der Waals surface area contributed by atoms with Crippen molar-refractivity contribution < 1.29 is 9.90 Å². The zero-order chi connectivity index (χ0) is 17.7. The van der Waals surface area contributed by atoms with Gasteiger partial charge in [0.25, 0.3) is 0 Å². The number of rotatable bonds is 4. The van der Waals surface area contributed by atoms with Crippen LogP contribution in [-0.2, 0) is 18.3 Å². The van der Waals surface area contributed by atoms with Gasteiger partial charge in [0, 0.05) is 43.0 Å². The van der Waals surface area contributed by atoms with E-state index >= 15 is 0 Å². The van der Waals surface area contributed by atoms with Crippen LogP contribution in [0.3, 0.4) is 0 Å². The third-order valence-corrected chi connectivity index (χ3v) is 3.83. The minimum absolute atomic E-state index is 0.312. The van der Waals surface area contributed by atoms with Crippen LogP contribution in [0.25, 0.3) is 22.0 Å². The Morgan fingerprint density at radius 3 is 2.54 bits per heavy atom. The first-order valence-electron chi connectivity index (χ1n) is 8.03. The average Bonchev–Trinajstić information content (AvgIpc) is 2.93. The summed E-state index contributed by atoms with van der Waals surface area (Å²) in [6, 6.07) is 9.07. The van der Waals surface area contributed by atoms with Crippen molar-refractivity contribution in [3.8, 4) is 11.1 Å². The van der Waals surface area contributed by atoms with Crippen molar-refractivity contribution in [1.82, 2.24) is 9.55 Å². The average molecular weight is 325 g/mol. The Labute approximate surface area is 141 Å². The van der Waals surface area contributed by atoms with E-state index in [0.29, 0.717) is 6.42 Å². The lowest BCUT2D eigenvalue weighted by molar-refractivity contribution is -0.138. The van der Waals surface area contributed by atoms with Gasteiger partial charge < -0.3 is 15.4 Å². The number of carbonyl (C=O) groups is 1. The Morgan fingerprint density at radius 1 is 1.25 bits per heavy atom.